The third-order valence-corrected chi connectivity index (χ3v) is 14.3. The predicted octanol–water partition coefficient (Wildman–Crippen LogP) is 11.9. The van der Waals surface area contributed by atoms with E-state index < -0.39 is 0 Å². The van der Waals surface area contributed by atoms with Gasteiger partial charge in [-0.3, -0.25) is 9.59 Å². The Balaban J connectivity index is 1.34. The zero-order valence-corrected chi connectivity index (χ0v) is 32.7. The van der Waals surface area contributed by atoms with E-state index in [4.69, 9.17) is 9.47 Å². The number of esters is 2. The Morgan fingerprint density at radius 3 is 1.77 bits per heavy atom. The molecule has 0 spiro atoms. The number of carbonyl (C=O) groups excluding carboxylic acids is 2. The third-order valence-electron chi connectivity index (χ3n) is 11.7. The zero-order chi connectivity index (χ0) is 37.1. The summed E-state index contributed by atoms with van der Waals surface area (Å²) in [4.78, 5) is 29.4. The highest BCUT2D eigenvalue weighted by atomic mass is 32.2. The summed E-state index contributed by atoms with van der Waals surface area (Å²) >= 11 is 2.56. The van der Waals surface area contributed by atoms with Gasteiger partial charge in [0.1, 0.15) is 17.7 Å². The fourth-order valence-electron chi connectivity index (χ4n) is 8.93. The molecule has 2 bridgehead atoms. The number of rotatable bonds is 13. The van der Waals surface area contributed by atoms with Crippen LogP contribution in [0.3, 0.4) is 0 Å². The first-order valence-electron chi connectivity index (χ1n) is 19.6. The summed E-state index contributed by atoms with van der Waals surface area (Å²) in [6.07, 6.45) is 12.8. The predicted molar refractivity (Wildman–Crippen MR) is 210 cm³/mol. The topological polar surface area (TPSA) is 100 Å². The number of hydrogen-bond acceptors (Lipinski definition) is 8. The van der Waals surface area contributed by atoms with Crippen LogP contribution in [0, 0.1) is 40.4 Å². The molecular weight excluding hydrogens is 697 g/mol. The molecule has 1 unspecified atom stereocenters. The van der Waals surface area contributed by atoms with Crippen molar-refractivity contribution in [2.24, 2.45) is 17.8 Å². The van der Waals surface area contributed by atoms with Gasteiger partial charge < -0.3 is 9.47 Å². The molecule has 274 valence electrons. The van der Waals surface area contributed by atoms with Crippen molar-refractivity contribution in [3.63, 3.8) is 0 Å². The summed E-state index contributed by atoms with van der Waals surface area (Å²) in [5, 5.41) is 19.9. The number of hydrogen-bond donors (Lipinski definition) is 0. The van der Waals surface area contributed by atoms with Crippen LogP contribution in [0.4, 0.5) is 0 Å². The first-order chi connectivity index (χ1) is 25.9. The quantitative estimate of drug-likeness (QED) is 0.0667. The summed E-state index contributed by atoms with van der Waals surface area (Å²) in [6.45, 7) is 6.67. The minimum Gasteiger partial charge on any atom is -0.425 e. The number of unbranched alkanes of at least 4 members (excludes halogenated alkanes) is 2. The van der Waals surface area contributed by atoms with Crippen molar-refractivity contribution >= 4 is 35.5 Å². The Morgan fingerprint density at radius 2 is 1.26 bits per heavy atom. The lowest BCUT2D eigenvalue weighted by atomic mass is 9.60. The van der Waals surface area contributed by atoms with E-state index in [2.05, 4.69) is 81.4 Å². The second-order valence-corrected chi connectivity index (χ2v) is 17.6. The summed E-state index contributed by atoms with van der Waals surface area (Å²) in [6, 6.07) is 21.0. The molecule has 0 amide bonds. The lowest BCUT2D eigenvalue weighted by Gasteiger charge is -2.43. The minimum atomic E-state index is -0.298. The van der Waals surface area contributed by atoms with Crippen LogP contribution in [0.2, 0.25) is 0 Å². The number of ether oxygens (including phenoxy) is 2. The van der Waals surface area contributed by atoms with Crippen LogP contribution < -0.4 is 9.47 Å². The van der Waals surface area contributed by atoms with Gasteiger partial charge in [-0.1, -0.05) is 138 Å². The van der Waals surface area contributed by atoms with Gasteiger partial charge in [0.15, 0.2) is 11.5 Å². The second kappa shape index (κ2) is 16.6. The van der Waals surface area contributed by atoms with Crippen molar-refractivity contribution in [1.29, 1.82) is 10.5 Å². The number of carbonyl (C=O) groups is 2. The Morgan fingerprint density at radius 1 is 0.755 bits per heavy atom. The molecule has 0 N–H and O–H groups in total. The fourth-order valence-corrected chi connectivity index (χ4v) is 11.5. The monoisotopic (exact) mass is 744 g/mol. The molecule has 0 saturated heterocycles. The van der Waals surface area contributed by atoms with Crippen LogP contribution in [0.15, 0.2) is 68.1 Å². The van der Waals surface area contributed by atoms with Gasteiger partial charge in [-0.05, 0) is 66.2 Å². The fraction of sp³-hybridized carbons (Fsp3) is 0.467. The Hall–Kier alpha value is -3.98. The van der Waals surface area contributed by atoms with Crippen LogP contribution in [-0.2, 0) is 9.59 Å². The van der Waals surface area contributed by atoms with Crippen LogP contribution in [0.5, 0.6) is 11.5 Å². The van der Waals surface area contributed by atoms with Crippen LogP contribution in [0.25, 0.3) is 0 Å². The van der Waals surface area contributed by atoms with Gasteiger partial charge in [0.05, 0.1) is 19.9 Å². The van der Waals surface area contributed by atoms with Gasteiger partial charge in [-0.15, -0.1) is 0 Å². The molecule has 1 atom stereocenters. The molecule has 3 aromatic carbocycles. The summed E-state index contributed by atoms with van der Waals surface area (Å²) in [5.74, 6) is 0.937. The molecule has 0 aromatic heterocycles. The van der Waals surface area contributed by atoms with E-state index in [1.807, 2.05) is 0 Å². The molecular formula is C45H48N2O4S2. The number of allylic oxidation sites excluding steroid dienone is 1. The first-order valence-corrected chi connectivity index (χ1v) is 21.2. The molecule has 1 saturated carbocycles. The average Bonchev–Trinajstić information content (AvgIpc) is 3.63. The second-order valence-electron chi connectivity index (χ2n) is 15.3. The maximum atomic E-state index is 14.3. The maximum absolute atomic E-state index is 14.3. The van der Waals surface area contributed by atoms with Gasteiger partial charge in [-0.25, -0.2) is 0 Å². The lowest BCUT2D eigenvalue weighted by molar-refractivity contribution is -0.140. The first kappa shape index (κ1) is 37.3. The Bertz CT molecular complexity index is 1950. The lowest BCUT2D eigenvalue weighted by Crippen LogP contribution is -2.31. The van der Waals surface area contributed by atoms with E-state index in [9.17, 15) is 20.1 Å². The van der Waals surface area contributed by atoms with Crippen LogP contribution >= 0.6 is 23.5 Å². The molecule has 8 rings (SSSR count). The molecule has 1 aliphatic heterocycles. The summed E-state index contributed by atoms with van der Waals surface area (Å²) < 4.78 is 13.7. The highest BCUT2D eigenvalue weighted by molar-refractivity contribution is 8.24. The van der Waals surface area contributed by atoms with Crippen molar-refractivity contribution in [2.75, 3.05) is 0 Å². The average molecular weight is 745 g/mol. The SMILES string of the molecule is CCCCC(C)CCCC(=O)Oc1c2c(c(OC(=O)C3CCC(CCCC)CC3)c3c1C1c4ccccc4C3c3ccccc31)SC(=C(C#N)C#N)S2. The molecule has 4 aliphatic carbocycles. The van der Waals surface area contributed by atoms with E-state index in [1.54, 1.807) is 0 Å². The van der Waals surface area contributed by atoms with Gasteiger partial charge in [0.2, 0.25) is 0 Å². The van der Waals surface area contributed by atoms with E-state index in [-0.39, 0.29) is 35.3 Å². The smallest absolute Gasteiger partial charge is 0.314 e. The van der Waals surface area contributed by atoms with E-state index in [0.717, 1.165) is 84.7 Å². The minimum absolute atomic E-state index is 0.00950. The molecule has 0 radical (unpaired) electrons. The zero-order valence-electron chi connectivity index (χ0n) is 31.0. The van der Waals surface area contributed by atoms with Gasteiger partial charge >= 0.3 is 11.9 Å². The number of nitrogens with zero attached hydrogens (tertiary/aromatic N) is 2. The van der Waals surface area contributed by atoms with Crippen LogP contribution in [-0.4, -0.2) is 11.9 Å². The molecule has 53 heavy (non-hydrogen) atoms. The number of fused-ring (bicyclic) bond motifs is 1. The molecule has 1 fully saturated rings. The van der Waals surface area contributed by atoms with E-state index >= 15 is 0 Å². The maximum Gasteiger partial charge on any atom is 0.314 e. The number of nitriles is 2. The highest BCUT2D eigenvalue weighted by Gasteiger charge is 2.49. The molecule has 3 aromatic rings. The Labute approximate surface area is 322 Å². The number of thioether (sulfide) groups is 2. The normalized spacial score (nSPS) is 21.0. The molecule has 1 heterocycles. The van der Waals surface area contributed by atoms with Crippen LogP contribution in [0.1, 0.15) is 149 Å². The number of benzene rings is 3. The highest BCUT2D eigenvalue weighted by Crippen LogP contribution is 2.68. The standard InChI is InChI=1S/C45H48N2O4S2/c1-4-6-13-27(3)14-12-20-35(48)50-40-38-36-31-16-8-10-18-33(31)37(34-19-11-9-17-32(34)36)39(38)41(43-42(40)52-45(53-43)30(25-46)26-47)51-44(49)29-23-21-28(22-24-29)15-7-5-2/h8-11,16-19,27-29,36-37H,4-7,12-15,20-24H2,1-3H3. The van der Waals surface area contributed by atoms with Crippen molar-refractivity contribution in [3.05, 3.63) is 91.7 Å². The summed E-state index contributed by atoms with van der Waals surface area (Å²) in [7, 11) is 0. The van der Waals surface area contributed by atoms with Crippen molar-refractivity contribution in [1.82, 2.24) is 0 Å². The third kappa shape index (κ3) is 7.30. The molecule has 6 nitrogen and oxygen atoms in total. The van der Waals surface area contributed by atoms with Crippen molar-refractivity contribution < 1.29 is 19.1 Å². The summed E-state index contributed by atoms with van der Waals surface area (Å²) in [5.41, 5.74) is 6.30. The molecule has 5 aliphatic rings. The van der Waals surface area contributed by atoms with E-state index in [0.29, 0.717) is 43.8 Å². The molecule has 8 heteroatoms. The van der Waals surface area contributed by atoms with Crippen molar-refractivity contribution in [3.8, 4) is 23.6 Å². The van der Waals surface area contributed by atoms with Gasteiger partial charge in [-0.2, -0.15) is 10.5 Å². The van der Waals surface area contributed by atoms with E-state index in [1.165, 1.54) is 49.2 Å². The van der Waals surface area contributed by atoms with Gasteiger partial charge in [0, 0.05) is 29.4 Å². The van der Waals surface area contributed by atoms with Crippen molar-refractivity contribution in [2.45, 2.75) is 126 Å². The largest absolute Gasteiger partial charge is 0.425 e. The van der Waals surface area contributed by atoms with Gasteiger partial charge in [0.25, 0.3) is 0 Å². The Kier molecular flexibility index (Phi) is 11.7.